The summed E-state index contributed by atoms with van der Waals surface area (Å²) < 4.78 is 15.9. The predicted molar refractivity (Wildman–Crippen MR) is 91.2 cm³/mol. The van der Waals surface area contributed by atoms with Gasteiger partial charge in [0, 0.05) is 18.2 Å². The normalized spacial score (nSPS) is 10.9. The van der Waals surface area contributed by atoms with Gasteiger partial charge >= 0.3 is 0 Å². The first-order valence-corrected chi connectivity index (χ1v) is 7.26. The fraction of sp³-hybridized carbons (Fsp3) is 0.111. The second kappa shape index (κ2) is 6.87. The summed E-state index contributed by atoms with van der Waals surface area (Å²) in [6, 6.07) is 12.6. The number of nitrogens with zero attached hydrogens (tertiary/aromatic N) is 1. The first-order valence-electron chi connectivity index (χ1n) is 7.26. The van der Waals surface area contributed by atoms with E-state index >= 15 is 0 Å². The fourth-order valence-electron chi connectivity index (χ4n) is 2.18. The van der Waals surface area contributed by atoms with Crippen molar-refractivity contribution in [2.75, 3.05) is 19.5 Å². The number of para-hydroxylation sites is 2. The Morgan fingerprint density at radius 3 is 2.75 bits per heavy atom. The summed E-state index contributed by atoms with van der Waals surface area (Å²) in [4.78, 5) is 16.3. The highest BCUT2D eigenvalue weighted by molar-refractivity contribution is 6.02. The zero-order valence-electron chi connectivity index (χ0n) is 13.3. The Bertz CT molecular complexity index is 866. The van der Waals surface area contributed by atoms with Crippen molar-refractivity contribution in [1.82, 2.24) is 4.98 Å². The second-order valence-corrected chi connectivity index (χ2v) is 4.91. The van der Waals surface area contributed by atoms with Crippen molar-refractivity contribution in [2.24, 2.45) is 0 Å². The molecule has 2 aromatic carbocycles. The van der Waals surface area contributed by atoms with Crippen LogP contribution in [0.2, 0.25) is 0 Å². The van der Waals surface area contributed by atoms with Gasteiger partial charge in [-0.2, -0.15) is 0 Å². The lowest BCUT2D eigenvalue weighted by atomic mass is 10.2. The van der Waals surface area contributed by atoms with Gasteiger partial charge in [-0.05, 0) is 24.3 Å². The molecular formula is C18H16N2O4. The van der Waals surface area contributed by atoms with Crippen molar-refractivity contribution in [1.29, 1.82) is 0 Å². The number of carbonyl (C=O) groups is 1. The topological polar surface area (TPSA) is 73.6 Å². The number of rotatable bonds is 5. The molecule has 6 nitrogen and oxygen atoms in total. The van der Waals surface area contributed by atoms with Gasteiger partial charge < -0.3 is 19.2 Å². The molecule has 1 heterocycles. The summed E-state index contributed by atoms with van der Waals surface area (Å²) in [5.41, 5.74) is 1.97. The first-order chi connectivity index (χ1) is 11.7. The van der Waals surface area contributed by atoms with Crippen LogP contribution < -0.4 is 14.8 Å². The van der Waals surface area contributed by atoms with Gasteiger partial charge in [-0.3, -0.25) is 4.79 Å². The number of fused-ring (bicyclic) bond motifs is 1. The van der Waals surface area contributed by atoms with Crippen LogP contribution in [0, 0.1) is 0 Å². The molecule has 0 aliphatic heterocycles. The number of oxazole rings is 1. The van der Waals surface area contributed by atoms with E-state index in [4.69, 9.17) is 13.9 Å². The molecule has 1 amide bonds. The zero-order chi connectivity index (χ0) is 16.9. The Morgan fingerprint density at radius 2 is 2.00 bits per heavy atom. The van der Waals surface area contributed by atoms with Crippen molar-refractivity contribution in [2.45, 2.75) is 0 Å². The maximum atomic E-state index is 12.1. The number of aromatic nitrogens is 1. The number of amides is 1. The van der Waals surface area contributed by atoms with Gasteiger partial charge in [-0.1, -0.05) is 12.1 Å². The van der Waals surface area contributed by atoms with Gasteiger partial charge in [0.2, 0.25) is 11.8 Å². The molecule has 0 unspecified atom stereocenters. The minimum atomic E-state index is -0.319. The fourth-order valence-corrected chi connectivity index (χ4v) is 2.18. The van der Waals surface area contributed by atoms with Gasteiger partial charge in [-0.15, -0.1) is 0 Å². The molecule has 0 aliphatic carbocycles. The van der Waals surface area contributed by atoms with Crippen molar-refractivity contribution >= 4 is 28.8 Å². The molecule has 6 heteroatoms. The molecule has 0 spiro atoms. The highest BCUT2D eigenvalue weighted by Crippen LogP contribution is 2.29. The van der Waals surface area contributed by atoms with E-state index in [2.05, 4.69) is 10.3 Å². The molecule has 0 saturated carbocycles. The van der Waals surface area contributed by atoms with Crippen molar-refractivity contribution in [3.63, 3.8) is 0 Å². The Balaban J connectivity index is 1.73. The molecule has 122 valence electrons. The van der Waals surface area contributed by atoms with Gasteiger partial charge in [0.15, 0.2) is 5.58 Å². The summed E-state index contributed by atoms with van der Waals surface area (Å²) in [6.07, 6.45) is 2.87. The average molecular weight is 324 g/mol. The van der Waals surface area contributed by atoms with Crippen LogP contribution in [0.4, 0.5) is 5.69 Å². The van der Waals surface area contributed by atoms with Crippen LogP contribution in [-0.4, -0.2) is 25.1 Å². The third-order valence-electron chi connectivity index (χ3n) is 3.35. The number of hydrogen-bond donors (Lipinski definition) is 1. The van der Waals surface area contributed by atoms with E-state index in [1.807, 2.05) is 24.3 Å². The van der Waals surface area contributed by atoms with E-state index < -0.39 is 0 Å². The SMILES string of the molecule is COc1ccc(NC(=O)C=Cc2nc3ccccc3o2)c(OC)c1. The lowest BCUT2D eigenvalue weighted by molar-refractivity contribution is -0.111. The smallest absolute Gasteiger partial charge is 0.248 e. The molecule has 0 atom stereocenters. The van der Waals surface area contributed by atoms with Gasteiger partial charge in [-0.25, -0.2) is 4.98 Å². The number of ether oxygens (including phenoxy) is 2. The second-order valence-electron chi connectivity index (χ2n) is 4.91. The van der Waals surface area contributed by atoms with E-state index in [0.29, 0.717) is 28.7 Å². The summed E-state index contributed by atoms with van der Waals surface area (Å²) in [7, 11) is 3.09. The molecule has 24 heavy (non-hydrogen) atoms. The molecule has 3 rings (SSSR count). The molecule has 1 N–H and O–H groups in total. The summed E-state index contributed by atoms with van der Waals surface area (Å²) in [6.45, 7) is 0. The van der Waals surface area contributed by atoms with Gasteiger partial charge in [0.1, 0.15) is 17.0 Å². The Hall–Kier alpha value is -3.28. The molecule has 0 saturated heterocycles. The van der Waals surface area contributed by atoms with Gasteiger partial charge in [0.25, 0.3) is 0 Å². The van der Waals surface area contributed by atoms with Crippen LogP contribution in [0.1, 0.15) is 5.89 Å². The third kappa shape index (κ3) is 3.38. The molecule has 1 aromatic heterocycles. The van der Waals surface area contributed by atoms with Crippen LogP contribution in [-0.2, 0) is 4.79 Å². The lowest BCUT2D eigenvalue weighted by Crippen LogP contribution is -2.09. The third-order valence-corrected chi connectivity index (χ3v) is 3.35. The van der Waals surface area contributed by atoms with Gasteiger partial charge in [0.05, 0.1) is 19.9 Å². The molecule has 0 fully saturated rings. The van der Waals surface area contributed by atoms with Crippen LogP contribution >= 0.6 is 0 Å². The number of benzene rings is 2. The average Bonchev–Trinajstić information content (AvgIpc) is 3.03. The van der Waals surface area contributed by atoms with Crippen LogP contribution in [0.3, 0.4) is 0 Å². The molecule has 3 aromatic rings. The van der Waals surface area contributed by atoms with E-state index in [0.717, 1.165) is 5.52 Å². The summed E-state index contributed by atoms with van der Waals surface area (Å²) in [5.74, 6) is 1.21. The number of methoxy groups -OCH3 is 2. The van der Waals surface area contributed by atoms with Crippen LogP contribution in [0.25, 0.3) is 17.2 Å². The number of carbonyl (C=O) groups excluding carboxylic acids is 1. The minimum Gasteiger partial charge on any atom is -0.497 e. The Labute approximate surface area is 138 Å². The van der Waals surface area contributed by atoms with Crippen molar-refractivity contribution in [3.8, 4) is 11.5 Å². The molecular weight excluding hydrogens is 308 g/mol. The minimum absolute atomic E-state index is 0.319. The summed E-state index contributed by atoms with van der Waals surface area (Å²) >= 11 is 0. The maximum Gasteiger partial charge on any atom is 0.248 e. The number of anilines is 1. The first kappa shape index (κ1) is 15.6. The van der Waals surface area contributed by atoms with E-state index in [1.165, 1.54) is 19.3 Å². The van der Waals surface area contributed by atoms with E-state index in [-0.39, 0.29) is 5.91 Å². The zero-order valence-corrected chi connectivity index (χ0v) is 13.3. The quantitative estimate of drug-likeness (QED) is 0.727. The highest BCUT2D eigenvalue weighted by Gasteiger charge is 2.08. The van der Waals surface area contributed by atoms with Crippen LogP contribution in [0.5, 0.6) is 11.5 Å². The van der Waals surface area contributed by atoms with Crippen molar-refractivity contribution in [3.05, 3.63) is 54.4 Å². The number of hydrogen-bond acceptors (Lipinski definition) is 5. The standard InChI is InChI=1S/C18H16N2O4/c1-22-12-7-8-14(16(11-12)23-2)19-17(21)9-10-18-20-13-5-3-4-6-15(13)24-18/h3-11H,1-2H3,(H,19,21). The lowest BCUT2D eigenvalue weighted by Gasteiger charge is -2.10. The Morgan fingerprint density at radius 1 is 1.17 bits per heavy atom. The predicted octanol–water partition coefficient (Wildman–Crippen LogP) is 3.50. The van der Waals surface area contributed by atoms with E-state index in [1.54, 1.807) is 25.3 Å². The van der Waals surface area contributed by atoms with Crippen LogP contribution in [0.15, 0.2) is 53.0 Å². The largest absolute Gasteiger partial charge is 0.497 e. The molecule has 0 radical (unpaired) electrons. The number of nitrogens with one attached hydrogen (secondary N) is 1. The monoisotopic (exact) mass is 324 g/mol. The van der Waals surface area contributed by atoms with E-state index in [9.17, 15) is 4.79 Å². The molecule has 0 bridgehead atoms. The molecule has 0 aliphatic rings. The highest BCUT2D eigenvalue weighted by atomic mass is 16.5. The summed E-state index contributed by atoms with van der Waals surface area (Å²) in [5, 5.41) is 2.74. The van der Waals surface area contributed by atoms with Crippen molar-refractivity contribution < 1.29 is 18.7 Å². The Kier molecular flexibility index (Phi) is 4.47. The maximum absolute atomic E-state index is 12.1.